The van der Waals surface area contributed by atoms with Crippen molar-refractivity contribution in [2.75, 3.05) is 13.1 Å². The van der Waals surface area contributed by atoms with Crippen molar-refractivity contribution in [3.05, 3.63) is 51.7 Å². The van der Waals surface area contributed by atoms with Gasteiger partial charge in [0.25, 0.3) is 0 Å². The van der Waals surface area contributed by atoms with Crippen LogP contribution in [0, 0.1) is 25.7 Å². The summed E-state index contributed by atoms with van der Waals surface area (Å²) < 4.78 is 27.5. The lowest BCUT2D eigenvalue weighted by atomic mass is 9.95. The van der Waals surface area contributed by atoms with Gasteiger partial charge in [-0.05, 0) is 67.3 Å². The van der Waals surface area contributed by atoms with Gasteiger partial charge in [-0.2, -0.15) is 4.31 Å². The van der Waals surface area contributed by atoms with Crippen LogP contribution in [0.1, 0.15) is 48.7 Å². The number of hydrogen-bond donors (Lipinski definition) is 1. The average molecular weight is 435 g/mol. The van der Waals surface area contributed by atoms with Gasteiger partial charge in [0, 0.05) is 23.9 Å². The van der Waals surface area contributed by atoms with Crippen molar-refractivity contribution in [3.63, 3.8) is 0 Å². The van der Waals surface area contributed by atoms with Crippen molar-refractivity contribution < 1.29 is 13.2 Å². The number of sulfonamides is 1. The Morgan fingerprint density at radius 2 is 1.83 bits per heavy atom. The Kier molecular flexibility index (Phi) is 6.81. The molecular weight excluding hydrogens is 404 g/mol. The van der Waals surface area contributed by atoms with Gasteiger partial charge < -0.3 is 5.32 Å². The second-order valence-electron chi connectivity index (χ2n) is 8.17. The molecule has 158 valence electrons. The van der Waals surface area contributed by atoms with Crippen molar-refractivity contribution in [1.82, 2.24) is 9.62 Å². The largest absolute Gasteiger partial charge is 0.348 e. The molecule has 2 aromatic rings. The van der Waals surface area contributed by atoms with Crippen LogP contribution in [0.3, 0.4) is 0 Å². The molecule has 29 heavy (non-hydrogen) atoms. The van der Waals surface area contributed by atoms with Crippen LogP contribution in [0.5, 0.6) is 0 Å². The van der Waals surface area contributed by atoms with E-state index in [0.29, 0.717) is 36.7 Å². The zero-order valence-corrected chi connectivity index (χ0v) is 19.1. The predicted octanol–water partition coefficient (Wildman–Crippen LogP) is 4.28. The number of amides is 1. The molecule has 0 bridgehead atoms. The van der Waals surface area contributed by atoms with E-state index in [1.807, 2.05) is 37.4 Å². The first kappa shape index (κ1) is 22.0. The fraction of sp³-hybridized carbons (Fsp3) is 0.500. The maximum Gasteiger partial charge on any atom is 0.243 e. The van der Waals surface area contributed by atoms with Crippen LogP contribution in [0.15, 0.2) is 40.6 Å². The molecule has 0 radical (unpaired) electrons. The second-order valence-corrected chi connectivity index (χ2v) is 11.1. The molecule has 1 amide bonds. The number of carbonyl (C=O) groups excluding carboxylic acids is 1. The van der Waals surface area contributed by atoms with E-state index in [4.69, 9.17) is 0 Å². The van der Waals surface area contributed by atoms with Crippen molar-refractivity contribution in [1.29, 1.82) is 0 Å². The van der Waals surface area contributed by atoms with Gasteiger partial charge in [0.1, 0.15) is 0 Å². The summed E-state index contributed by atoms with van der Waals surface area (Å²) in [4.78, 5) is 14.3. The SMILES string of the molecule is Cc1ccc(S(=O)(=O)N2CCC(C(=O)NC(c3cccs3)C(C)C)CC2)cc1C. The van der Waals surface area contributed by atoms with Crippen molar-refractivity contribution in [3.8, 4) is 0 Å². The first-order chi connectivity index (χ1) is 13.7. The Labute approximate surface area is 178 Å². The molecule has 1 fully saturated rings. The zero-order chi connectivity index (χ0) is 21.2. The third kappa shape index (κ3) is 4.90. The van der Waals surface area contributed by atoms with Gasteiger partial charge >= 0.3 is 0 Å². The summed E-state index contributed by atoms with van der Waals surface area (Å²) in [5.41, 5.74) is 2.04. The smallest absolute Gasteiger partial charge is 0.243 e. The van der Waals surface area contributed by atoms with E-state index in [2.05, 4.69) is 19.2 Å². The lowest BCUT2D eigenvalue weighted by molar-refractivity contribution is -0.127. The van der Waals surface area contributed by atoms with E-state index in [9.17, 15) is 13.2 Å². The lowest BCUT2D eigenvalue weighted by Crippen LogP contribution is -2.44. The van der Waals surface area contributed by atoms with Crippen LogP contribution in [0.25, 0.3) is 0 Å². The highest BCUT2D eigenvalue weighted by molar-refractivity contribution is 7.89. The number of benzene rings is 1. The summed E-state index contributed by atoms with van der Waals surface area (Å²) in [5, 5.41) is 5.21. The van der Waals surface area contributed by atoms with Crippen molar-refractivity contribution >= 4 is 27.3 Å². The number of aryl methyl sites for hydroxylation is 2. The van der Waals surface area contributed by atoms with Gasteiger partial charge in [0.05, 0.1) is 10.9 Å². The summed E-state index contributed by atoms with van der Waals surface area (Å²) in [6.45, 7) is 8.84. The standard InChI is InChI=1S/C22H30N2O3S2/c1-15(2)21(20-6-5-13-28-20)23-22(25)18-9-11-24(12-10-18)29(26,27)19-8-7-16(3)17(4)14-19/h5-8,13-15,18,21H,9-12H2,1-4H3,(H,23,25). The van der Waals surface area contributed by atoms with E-state index in [-0.39, 0.29) is 17.9 Å². The maximum atomic E-state index is 13.0. The number of rotatable bonds is 6. The number of thiophene rings is 1. The molecule has 1 N–H and O–H groups in total. The average Bonchev–Trinajstić information content (AvgIpc) is 3.22. The molecule has 1 aliphatic heterocycles. The van der Waals surface area contributed by atoms with Crippen LogP contribution in [0.4, 0.5) is 0 Å². The molecule has 7 heteroatoms. The molecule has 1 saturated heterocycles. The Morgan fingerprint density at radius 1 is 1.14 bits per heavy atom. The quantitative estimate of drug-likeness (QED) is 0.738. The minimum atomic E-state index is -3.52. The minimum Gasteiger partial charge on any atom is -0.348 e. The van der Waals surface area contributed by atoms with Crippen molar-refractivity contribution in [2.45, 2.75) is 51.5 Å². The van der Waals surface area contributed by atoms with Crippen LogP contribution in [0.2, 0.25) is 0 Å². The maximum absolute atomic E-state index is 13.0. The van der Waals surface area contributed by atoms with Crippen LogP contribution < -0.4 is 5.32 Å². The van der Waals surface area contributed by atoms with E-state index >= 15 is 0 Å². The van der Waals surface area contributed by atoms with E-state index in [0.717, 1.165) is 16.0 Å². The molecule has 0 aliphatic carbocycles. The number of nitrogens with one attached hydrogen (secondary N) is 1. The summed E-state index contributed by atoms with van der Waals surface area (Å²) in [7, 11) is -3.52. The molecular formula is C22H30N2O3S2. The Morgan fingerprint density at radius 3 is 2.38 bits per heavy atom. The lowest BCUT2D eigenvalue weighted by Gasteiger charge is -2.32. The topological polar surface area (TPSA) is 66.5 Å². The predicted molar refractivity (Wildman–Crippen MR) is 117 cm³/mol. The fourth-order valence-electron chi connectivity index (χ4n) is 3.69. The first-order valence-electron chi connectivity index (χ1n) is 10.1. The number of hydrogen-bond acceptors (Lipinski definition) is 4. The van der Waals surface area contributed by atoms with Gasteiger partial charge in [-0.3, -0.25) is 4.79 Å². The molecule has 1 aromatic heterocycles. The highest BCUT2D eigenvalue weighted by Crippen LogP contribution is 2.29. The Bertz CT molecular complexity index is 944. The van der Waals surface area contributed by atoms with Gasteiger partial charge in [0.15, 0.2) is 0 Å². The van der Waals surface area contributed by atoms with E-state index in [1.54, 1.807) is 23.5 Å². The number of carbonyl (C=O) groups is 1. The first-order valence-corrected chi connectivity index (χ1v) is 12.4. The van der Waals surface area contributed by atoms with Crippen molar-refractivity contribution in [2.24, 2.45) is 11.8 Å². The zero-order valence-electron chi connectivity index (χ0n) is 17.5. The molecule has 0 spiro atoms. The third-order valence-electron chi connectivity index (χ3n) is 5.76. The normalized spacial score (nSPS) is 17.4. The second kappa shape index (κ2) is 8.98. The molecule has 1 aromatic carbocycles. The highest BCUT2D eigenvalue weighted by Gasteiger charge is 2.33. The Balaban J connectivity index is 1.63. The molecule has 3 rings (SSSR count). The summed E-state index contributed by atoms with van der Waals surface area (Å²) >= 11 is 1.65. The third-order valence-corrected chi connectivity index (χ3v) is 8.61. The highest BCUT2D eigenvalue weighted by atomic mass is 32.2. The van der Waals surface area contributed by atoms with Gasteiger partial charge in [-0.1, -0.05) is 26.0 Å². The minimum absolute atomic E-state index is 0.000189. The molecule has 5 nitrogen and oxygen atoms in total. The van der Waals surface area contributed by atoms with E-state index in [1.165, 1.54) is 4.31 Å². The summed E-state index contributed by atoms with van der Waals surface area (Å²) in [5.74, 6) is 0.172. The van der Waals surface area contributed by atoms with Crippen LogP contribution >= 0.6 is 11.3 Å². The van der Waals surface area contributed by atoms with Crippen LogP contribution in [-0.2, 0) is 14.8 Å². The number of nitrogens with zero attached hydrogens (tertiary/aromatic N) is 1. The van der Waals surface area contributed by atoms with E-state index < -0.39 is 10.0 Å². The molecule has 1 unspecified atom stereocenters. The summed E-state index contributed by atoms with van der Waals surface area (Å²) in [6.07, 6.45) is 1.09. The van der Waals surface area contributed by atoms with Gasteiger partial charge in [-0.15, -0.1) is 11.3 Å². The number of piperidine rings is 1. The monoisotopic (exact) mass is 434 g/mol. The summed E-state index contributed by atoms with van der Waals surface area (Å²) in [6, 6.07) is 9.30. The van der Waals surface area contributed by atoms with Gasteiger partial charge in [-0.25, -0.2) is 8.42 Å². The van der Waals surface area contributed by atoms with Gasteiger partial charge in [0.2, 0.25) is 15.9 Å². The fourth-order valence-corrected chi connectivity index (χ4v) is 6.19. The Hall–Kier alpha value is -1.70. The molecule has 1 atom stereocenters. The molecule has 0 saturated carbocycles. The van der Waals surface area contributed by atoms with Crippen LogP contribution in [-0.4, -0.2) is 31.7 Å². The molecule has 1 aliphatic rings. The molecule has 2 heterocycles.